The van der Waals surface area contributed by atoms with Gasteiger partial charge in [-0.1, -0.05) is 0 Å². The third-order valence-corrected chi connectivity index (χ3v) is 1.01. The van der Waals surface area contributed by atoms with Gasteiger partial charge in [0, 0.05) is 7.05 Å². The van der Waals surface area contributed by atoms with Gasteiger partial charge in [0.15, 0.2) is 0 Å². The van der Waals surface area contributed by atoms with Gasteiger partial charge in [-0.3, -0.25) is 10.3 Å². The van der Waals surface area contributed by atoms with Gasteiger partial charge in [0.05, 0.1) is 5.70 Å². The molecule has 0 heterocycles. The van der Waals surface area contributed by atoms with E-state index in [0.717, 1.165) is 5.06 Å². The number of hydroxylamine groups is 2. The molecule has 0 aliphatic heterocycles. The van der Waals surface area contributed by atoms with Gasteiger partial charge in [-0.2, -0.15) is 0 Å². The topological polar surface area (TPSA) is 43.7 Å². The van der Waals surface area contributed by atoms with Gasteiger partial charge in [0.25, 0.3) is 0 Å². The first-order valence-corrected chi connectivity index (χ1v) is 2.34. The summed E-state index contributed by atoms with van der Waals surface area (Å²) >= 11 is 0. The van der Waals surface area contributed by atoms with Crippen LogP contribution in [0.1, 0.15) is 13.8 Å². The lowest BCUT2D eigenvalue weighted by Gasteiger charge is -2.09. The Hall–Kier alpha value is -0.700. The molecule has 3 heteroatoms. The first-order chi connectivity index (χ1) is 3.55. The highest BCUT2D eigenvalue weighted by Crippen LogP contribution is 1.99. The van der Waals surface area contributed by atoms with Crippen LogP contribution in [0.15, 0.2) is 11.5 Å². The summed E-state index contributed by atoms with van der Waals surface area (Å²) in [6.07, 6.45) is 0. The summed E-state index contributed by atoms with van der Waals surface area (Å²) in [6, 6.07) is 0. The molecule has 0 aliphatic carbocycles. The zero-order valence-electron chi connectivity index (χ0n) is 5.34. The van der Waals surface area contributed by atoms with Crippen molar-refractivity contribution in [1.29, 1.82) is 0 Å². The summed E-state index contributed by atoms with van der Waals surface area (Å²) in [5.41, 5.74) is 0.463. The molecule has 0 unspecified atom stereocenters. The van der Waals surface area contributed by atoms with Gasteiger partial charge in [0.2, 0.25) is 0 Å². The molecule has 0 aromatic carbocycles. The summed E-state index contributed by atoms with van der Waals surface area (Å²) < 4.78 is 0. The smallest absolute Gasteiger partial charge is 0.110 e. The summed E-state index contributed by atoms with van der Waals surface area (Å²) in [5, 5.41) is 18.1. The molecule has 0 aromatic heterocycles. The second kappa shape index (κ2) is 2.57. The molecule has 0 radical (unpaired) electrons. The number of hydrogen-bond acceptors (Lipinski definition) is 3. The van der Waals surface area contributed by atoms with Gasteiger partial charge in [0.1, 0.15) is 5.76 Å². The maximum Gasteiger partial charge on any atom is 0.110 e. The Kier molecular flexibility index (Phi) is 2.34. The van der Waals surface area contributed by atoms with Crippen molar-refractivity contribution >= 4 is 0 Å². The SMILES string of the molecule is C/C(O)=C(\C)N(C)O. The second-order valence-electron chi connectivity index (χ2n) is 1.69. The van der Waals surface area contributed by atoms with Crippen molar-refractivity contribution in [3.05, 3.63) is 11.5 Å². The van der Waals surface area contributed by atoms with Gasteiger partial charge < -0.3 is 5.11 Å². The van der Waals surface area contributed by atoms with E-state index in [1.807, 2.05) is 0 Å². The van der Waals surface area contributed by atoms with Gasteiger partial charge >= 0.3 is 0 Å². The van der Waals surface area contributed by atoms with Crippen LogP contribution in [0.4, 0.5) is 0 Å². The largest absolute Gasteiger partial charge is 0.511 e. The lowest BCUT2D eigenvalue weighted by atomic mass is 10.4. The quantitative estimate of drug-likeness (QED) is 0.399. The van der Waals surface area contributed by atoms with Crippen LogP contribution in [0.3, 0.4) is 0 Å². The van der Waals surface area contributed by atoms with Crippen LogP contribution >= 0.6 is 0 Å². The Balaban J connectivity index is 4.00. The fourth-order valence-electron chi connectivity index (χ4n) is 0.234. The van der Waals surface area contributed by atoms with Gasteiger partial charge in [-0.15, -0.1) is 0 Å². The number of aliphatic hydroxyl groups excluding tert-OH is 1. The molecule has 0 atom stereocenters. The number of allylic oxidation sites excluding steroid dienone is 2. The average molecular weight is 117 g/mol. The van der Waals surface area contributed by atoms with E-state index in [2.05, 4.69) is 0 Å². The van der Waals surface area contributed by atoms with E-state index in [-0.39, 0.29) is 5.76 Å². The molecule has 0 bridgehead atoms. The first kappa shape index (κ1) is 7.30. The molecule has 0 saturated heterocycles. The van der Waals surface area contributed by atoms with Crippen molar-refractivity contribution in [3.63, 3.8) is 0 Å². The fourth-order valence-corrected chi connectivity index (χ4v) is 0.234. The molecule has 8 heavy (non-hydrogen) atoms. The van der Waals surface area contributed by atoms with E-state index in [0.29, 0.717) is 5.70 Å². The minimum Gasteiger partial charge on any atom is -0.511 e. The van der Waals surface area contributed by atoms with Crippen LogP contribution in [0.5, 0.6) is 0 Å². The van der Waals surface area contributed by atoms with Crippen LogP contribution in [0.25, 0.3) is 0 Å². The predicted octanol–water partition coefficient (Wildman–Crippen LogP) is 1.12. The van der Waals surface area contributed by atoms with Crippen molar-refractivity contribution in [3.8, 4) is 0 Å². The van der Waals surface area contributed by atoms with Gasteiger partial charge in [-0.05, 0) is 13.8 Å². The summed E-state index contributed by atoms with van der Waals surface area (Å²) in [7, 11) is 1.45. The lowest BCUT2D eigenvalue weighted by molar-refractivity contribution is -0.0319. The Labute approximate surface area is 48.8 Å². The van der Waals surface area contributed by atoms with E-state index >= 15 is 0 Å². The van der Waals surface area contributed by atoms with E-state index in [1.54, 1.807) is 6.92 Å². The van der Waals surface area contributed by atoms with Crippen molar-refractivity contribution in [1.82, 2.24) is 5.06 Å². The predicted molar refractivity (Wildman–Crippen MR) is 30.6 cm³/mol. The molecule has 2 N–H and O–H groups in total. The highest BCUT2D eigenvalue weighted by Gasteiger charge is 1.95. The fraction of sp³-hybridized carbons (Fsp3) is 0.600. The minimum atomic E-state index is 0.134. The van der Waals surface area contributed by atoms with Crippen LogP contribution < -0.4 is 0 Å². The van der Waals surface area contributed by atoms with E-state index in [1.165, 1.54) is 14.0 Å². The van der Waals surface area contributed by atoms with Crippen molar-refractivity contribution in [2.75, 3.05) is 7.05 Å². The molecule has 0 spiro atoms. The third kappa shape index (κ3) is 1.84. The van der Waals surface area contributed by atoms with Crippen LogP contribution in [0.2, 0.25) is 0 Å². The number of nitrogens with zero attached hydrogens (tertiary/aromatic N) is 1. The molecule has 0 amide bonds. The maximum absolute atomic E-state index is 8.67. The zero-order chi connectivity index (χ0) is 6.73. The Bertz CT molecular complexity index is 103. The van der Waals surface area contributed by atoms with E-state index < -0.39 is 0 Å². The van der Waals surface area contributed by atoms with Crippen molar-refractivity contribution in [2.45, 2.75) is 13.8 Å². The standard InChI is InChI=1S/C5H11NO2/c1-4(5(2)7)6(3)8/h7-8H,1-3H3/b5-4-. The molecule has 0 fully saturated rings. The molecule has 0 aliphatic rings. The molecular weight excluding hydrogens is 106 g/mol. The van der Waals surface area contributed by atoms with Crippen LogP contribution in [-0.4, -0.2) is 22.4 Å². The maximum atomic E-state index is 8.67. The minimum absolute atomic E-state index is 0.134. The zero-order valence-corrected chi connectivity index (χ0v) is 5.34. The number of aliphatic hydroxyl groups is 1. The Morgan fingerprint density at radius 3 is 1.75 bits per heavy atom. The molecule has 0 saturated carbocycles. The Morgan fingerprint density at radius 2 is 1.75 bits per heavy atom. The molecule has 48 valence electrons. The van der Waals surface area contributed by atoms with E-state index in [9.17, 15) is 0 Å². The summed E-state index contributed by atoms with van der Waals surface area (Å²) in [6.45, 7) is 3.14. The number of rotatable bonds is 1. The van der Waals surface area contributed by atoms with Crippen LogP contribution in [0, 0.1) is 0 Å². The van der Waals surface area contributed by atoms with Crippen molar-refractivity contribution in [2.24, 2.45) is 0 Å². The van der Waals surface area contributed by atoms with E-state index in [4.69, 9.17) is 10.3 Å². The monoisotopic (exact) mass is 117 g/mol. The summed E-state index contributed by atoms with van der Waals surface area (Å²) in [4.78, 5) is 0. The normalized spacial score (nSPS) is 13.0. The lowest BCUT2D eigenvalue weighted by Crippen LogP contribution is -2.10. The highest BCUT2D eigenvalue weighted by atomic mass is 16.5. The summed E-state index contributed by atoms with van der Waals surface area (Å²) in [5.74, 6) is 0.134. The molecule has 0 aromatic rings. The molecule has 0 rings (SSSR count). The van der Waals surface area contributed by atoms with Gasteiger partial charge in [-0.25, -0.2) is 0 Å². The van der Waals surface area contributed by atoms with Crippen molar-refractivity contribution < 1.29 is 10.3 Å². The Morgan fingerprint density at radius 1 is 1.38 bits per heavy atom. The first-order valence-electron chi connectivity index (χ1n) is 2.34. The highest BCUT2D eigenvalue weighted by molar-refractivity contribution is 4.96. The third-order valence-electron chi connectivity index (χ3n) is 1.01. The second-order valence-corrected chi connectivity index (χ2v) is 1.69. The number of hydrogen-bond donors (Lipinski definition) is 2. The molecule has 3 nitrogen and oxygen atoms in total. The van der Waals surface area contributed by atoms with Crippen LogP contribution in [-0.2, 0) is 0 Å². The average Bonchev–Trinajstić information content (AvgIpc) is 1.64. The molecular formula is C5H11NO2.